The predicted octanol–water partition coefficient (Wildman–Crippen LogP) is 4.94. The summed E-state index contributed by atoms with van der Waals surface area (Å²) in [6.45, 7) is 0.629. The van der Waals surface area contributed by atoms with E-state index in [2.05, 4.69) is 15.0 Å². The first-order valence-corrected chi connectivity index (χ1v) is 12.5. The molecule has 1 saturated heterocycles. The fourth-order valence-electron chi connectivity index (χ4n) is 5.10. The van der Waals surface area contributed by atoms with Crippen molar-refractivity contribution in [1.29, 1.82) is 0 Å². The molecular formula is C29H23F3N4O3. The number of aromatic nitrogens is 4. The lowest BCUT2D eigenvalue weighted by atomic mass is 9.96. The molecule has 0 spiro atoms. The fourth-order valence-corrected chi connectivity index (χ4v) is 5.10. The van der Waals surface area contributed by atoms with Crippen molar-refractivity contribution in [2.45, 2.75) is 31.2 Å². The van der Waals surface area contributed by atoms with Crippen LogP contribution in [-0.2, 0) is 17.3 Å². The summed E-state index contributed by atoms with van der Waals surface area (Å²) >= 11 is 0. The Bertz CT molecular complexity index is 1720. The average molecular weight is 533 g/mol. The minimum Gasteiger partial charge on any atom is -0.389 e. The van der Waals surface area contributed by atoms with Crippen molar-refractivity contribution in [2.75, 3.05) is 13.2 Å². The maximum absolute atomic E-state index is 13.6. The van der Waals surface area contributed by atoms with Gasteiger partial charge in [0, 0.05) is 30.0 Å². The third-order valence-electron chi connectivity index (χ3n) is 7.09. The number of halogens is 3. The van der Waals surface area contributed by atoms with Gasteiger partial charge in [-0.1, -0.05) is 30.3 Å². The molecule has 0 radical (unpaired) electrons. The van der Waals surface area contributed by atoms with E-state index in [0.717, 1.165) is 34.2 Å². The number of hydrogen-bond acceptors (Lipinski definition) is 6. The summed E-state index contributed by atoms with van der Waals surface area (Å²) in [5.74, 6) is 0. The molecule has 0 bridgehead atoms. The second-order valence-corrected chi connectivity index (χ2v) is 9.59. The molecular weight excluding hydrogens is 509 g/mol. The Morgan fingerprint density at radius 1 is 0.974 bits per heavy atom. The largest absolute Gasteiger partial charge is 0.433 e. The summed E-state index contributed by atoms with van der Waals surface area (Å²) in [6, 6.07) is 15.1. The van der Waals surface area contributed by atoms with Gasteiger partial charge in [-0.3, -0.25) is 19.3 Å². The molecule has 39 heavy (non-hydrogen) atoms. The molecule has 1 aliphatic heterocycles. The molecule has 5 aromatic rings. The molecule has 2 atom stereocenters. The second-order valence-electron chi connectivity index (χ2n) is 9.59. The van der Waals surface area contributed by atoms with Gasteiger partial charge < -0.3 is 9.84 Å². The van der Waals surface area contributed by atoms with Crippen molar-refractivity contribution in [1.82, 2.24) is 19.5 Å². The monoisotopic (exact) mass is 532 g/mol. The van der Waals surface area contributed by atoms with Crippen LogP contribution in [-0.4, -0.2) is 43.9 Å². The van der Waals surface area contributed by atoms with Gasteiger partial charge in [0.15, 0.2) is 0 Å². The maximum atomic E-state index is 13.6. The van der Waals surface area contributed by atoms with Crippen molar-refractivity contribution in [3.05, 3.63) is 100 Å². The van der Waals surface area contributed by atoms with Gasteiger partial charge in [0.2, 0.25) is 0 Å². The summed E-state index contributed by atoms with van der Waals surface area (Å²) in [5, 5.41) is 12.7. The van der Waals surface area contributed by atoms with Crippen LogP contribution in [0.2, 0.25) is 0 Å². The minimum absolute atomic E-state index is 0.170. The molecule has 198 valence electrons. The van der Waals surface area contributed by atoms with Crippen molar-refractivity contribution >= 4 is 21.7 Å². The van der Waals surface area contributed by atoms with Gasteiger partial charge in [0.1, 0.15) is 5.69 Å². The van der Waals surface area contributed by atoms with Crippen LogP contribution >= 0.6 is 0 Å². The highest BCUT2D eigenvalue weighted by Gasteiger charge is 2.32. The topological polar surface area (TPSA) is 90.1 Å². The zero-order valence-corrected chi connectivity index (χ0v) is 20.6. The maximum Gasteiger partial charge on any atom is 0.433 e. The summed E-state index contributed by atoms with van der Waals surface area (Å²) in [7, 11) is 0. The van der Waals surface area contributed by atoms with Gasteiger partial charge in [0.25, 0.3) is 5.56 Å². The molecule has 2 aromatic carbocycles. The molecule has 0 saturated carbocycles. The standard InChI is InChI=1S/C29H23F3N4O3/c30-29(31,32)26-8-6-18(14-34-26)23-7-5-17(13-33-23)11-19-12-22-27(21-4-2-1-3-20(19)21)35-16-36(28(22)38)24-9-10-39-15-25(24)37/h1-8,12-14,16,24-25,37H,9-11,15H2/t24-,25-/m0/s1. The van der Waals surface area contributed by atoms with E-state index in [4.69, 9.17) is 4.74 Å². The van der Waals surface area contributed by atoms with E-state index < -0.39 is 24.0 Å². The number of aliphatic hydroxyl groups is 1. The van der Waals surface area contributed by atoms with Gasteiger partial charge in [-0.15, -0.1) is 0 Å². The highest BCUT2D eigenvalue weighted by atomic mass is 19.4. The summed E-state index contributed by atoms with van der Waals surface area (Å²) in [5.41, 5.74) is 2.19. The number of hydrogen-bond donors (Lipinski definition) is 1. The van der Waals surface area contributed by atoms with E-state index in [-0.39, 0.29) is 12.2 Å². The van der Waals surface area contributed by atoms with Crippen molar-refractivity contribution < 1.29 is 23.0 Å². The van der Waals surface area contributed by atoms with Crippen LogP contribution in [0.25, 0.3) is 32.9 Å². The third-order valence-corrected chi connectivity index (χ3v) is 7.09. The van der Waals surface area contributed by atoms with E-state index in [9.17, 15) is 23.1 Å². The number of ether oxygens (including phenoxy) is 1. The number of benzene rings is 2. The van der Waals surface area contributed by atoms with Crippen LogP contribution in [0, 0.1) is 0 Å². The van der Waals surface area contributed by atoms with E-state index in [1.165, 1.54) is 17.0 Å². The molecule has 1 aliphatic rings. The molecule has 6 rings (SSSR count). The first-order chi connectivity index (χ1) is 18.8. The van der Waals surface area contributed by atoms with Crippen LogP contribution in [0.1, 0.15) is 29.3 Å². The molecule has 0 unspecified atom stereocenters. The van der Waals surface area contributed by atoms with E-state index >= 15 is 0 Å². The molecule has 7 nitrogen and oxygen atoms in total. The van der Waals surface area contributed by atoms with Gasteiger partial charge >= 0.3 is 6.18 Å². The van der Waals surface area contributed by atoms with Gasteiger partial charge in [-0.2, -0.15) is 13.2 Å². The van der Waals surface area contributed by atoms with Crippen LogP contribution < -0.4 is 5.56 Å². The number of aliphatic hydroxyl groups excluding tert-OH is 1. The van der Waals surface area contributed by atoms with E-state index in [1.54, 1.807) is 12.3 Å². The highest BCUT2D eigenvalue weighted by Crippen LogP contribution is 2.30. The number of alkyl halides is 3. The Kier molecular flexibility index (Phi) is 6.36. The molecule has 10 heteroatoms. The first-order valence-electron chi connectivity index (χ1n) is 12.5. The molecule has 0 amide bonds. The Hall–Kier alpha value is -4.15. The summed E-state index contributed by atoms with van der Waals surface area (Å²) in [4.78, 5) is 26.2. The highest BCUT2D eigenvalue weighted by molar-refractivity contribution is 6.06. The van der Waals surface area contributed by atoms with Crippen molar-refractivity contribution in [2.24, 2.45) is 0 Å². The molecule has 0 aliphatic carbocycles. The zero-order chi connectivity index (χ0) is 27.1. The lowest BCUT2D eigenvalue weighted by Gasteiger charge is -2.29. The first kappa shape index (κ1) is 25.1. The lowest BCUT2D eigenvalue weighted by Crippen LogP contribution is -2.39. The number of nitrogens with zero attached hydrogens (tertiary/aromatic N) is 4. The smallest absolute Gasteiger partial charge is 0.389 e. The quantitative estimate of drug-likeness (QED) is 0.330. The van der Waals surface area contributed by atoms with E-state index in [0.29, 0.717) is 41.6 Å². The SMILES string of the molecule is O=c1c2cc(Cc3ccc(-c4ccc(C(F)(F)F)nc4)nc3)c3ccccc3c2ncn1[C@H]1CCOC[C@@H]1O. The van der Waals surface area contributed by atoms with Gasteiger partial charge in [-0.05, 0) is 53.6 Å². The fraction of sp³-hybridized carbons (Fsp3) is 0.241. The predicted molar refractivity (Wildman–Crippen MR) is 139 cm³/mol. The summed E-state index contributed by atoms with van der Waals surface area (Å²) < 4.78 is 45.3. The second kappa shape index (κ2) is 9.87. The Balaban J connectivity index is 1.36. The van der Waals surface area contributed by atoms with Gasteiger partial charge in [-0.25, -0.2) is 4.98 Å². The Morgan fingerprint density at radius 2 is 1.79 bits per heavy atom. The number of fused-ring (bicyclic) bond motifs is 3. The van der Waals surface area contributed by atoms with Crippen molar-refractivity contribution in [3.63, 3.8) is 0 Å². The van der Waals surface area contributed by atoms with Crippen LogP contribution in [0.4, 0.5) is 13.2 Å². The summed E-state index contributed by atoms with van der Waals surface area (Å²) in [6.07, 6.45) is 0.0436. The molecule has 1 fully saturated rings. The van der Waals surface area contributed by atoms with Gasteiger partial charge in [0.05, 0.1) is 41.7 Å². The number of rotatable bonds is 4. The number of pyridine rings is 2. The van der Waals surface area contributed by atoms with Crippen LogP contribution in [0.3, 0.4) is 0 Å². The lowest BCUT2D eigenvalue weighted by molar-refractivity contribution is -0.141. The Morgan fingerprint density at radius 3 is 2.49 bits per heavy atom. The van der Waals surface area contributed by atoms with E-state index in [1.807, 2.05) is 36.4 Å². The Labute approximate surface area is 220 Å². The molecule has 3 aromatic heterocycles. The molecule has 4 heterocycles. The third kappa shape index (κ3) is 4.77. The minimum atomic E-state index is -4.50. The molecule has 1 N–H and O–H groups in total. The van der Waals surface area contributed by atoms with Crippen LogP contribution in [0.15, 0.2) is 78.1 Å². The average Bonchev–Trinajstić information content (AvgIpc) is 2.94. The normalized spacial score (nSPS) is 18.1. The van der Waals surface area contributed by atoms with Crippen LogP contribution in [0.5, 0.6) is 0 Å². The van der Waals surface area contributed by atoms with Crippen molar-refractivity contribution in [3.8, 4) is 11.3 Å². The zero-order valence-electron chi connectivity index (χ0n) is 20.6.